The highest BCUT2D eigenvalue weighted by Gasteiger charge is 2.25. The zero-order chi connectivity index (χ0) is 22.9. The lowest BCUT2D eigenvalue weighted by Gasteiger charge is -2.35. The van der Waals surface area contributed by atoms with Crippen LogP contribution in [0.5, 0.6) is 0 Å². The molecule has 176 valence electrons. The number of aromatic amines is 1. The lowest BCUT2D eigenvalue weighted by atomic mass is 10.0. The topological polar surface area (TPSA) is 46.3 Å². The van der Waals surface area contributed by atoms with Crippen LogP contribution < -0.4 is 20.4 Å². The van der Waals surface area contributed by atoms with Crippen molar-refractivity contribution in [1.29, 1.82) is 0 Å². The third-order valence-electron chi connectivity index (χ3n) is 7.10. The van der Waals surface area contributed by atoms with E-state index in [2.05, 4.69) is 80.0 Å². The minimum absolute atomic E-state index is 1.01. The summed E-state index contributed by atoms with van der Waals surface area (Å²) in [4.78, 5) is 11.4. The Labute approximate surface area is 206 Å². The molecule has 6 heteroatoms. The van der Waals surface area contributed by atoms with Gasteiger partial charge in [-0.1, -0.05) is 30.0 Å². The van der Waals surface area contributed by atoms with Crippen LogP contribution >= 0.6 is 11.8 Å². The molecule has 0 unspecified atom stereocenters. The van der Waals surface area contributed by atoms with E-state index in [1.807, 2.05) is 18.8 Å². The molecule has 0 radical (unpaired) electrons. The molecular formula is C28H33N5S. The van der Waals surface area contributed by atoms with Crippen molar-refractivity contribution in [2.45, 2.75) is 29.1 Å². The first kappa shape index (κ1) is 21.8. The molecule has 6 rings (SSSR count). The fraction of sp³-hybridized carbons (Fsp3) is 0.357. The first-order valence-corrected chi connectivity index (χ1v) is 13.3. The second-order valence-electron chi connectivity index (χ2n) is 9.34. The van der Waals surface area contributed by atoms with Gasteiger partial charge in [0, 0.05) is 59.6 Å². The molecule has 1 aromatic heterocycles. The van der Waals surface area contributed by atoms with Crippen molar-refractivity contribution in [3.05, 3.63) is 59.8 Å². The quantitative estimate of drug-likeness (QED) is 0.428. The van der Waals surface area contributed by atoms with Gasteiger partial charge in [0.05, 0.1) is 11.4 Å². The van der Waals surface area contributed by atoms with Crippen molar-refractivity contribution in [1.82, 2.24) is 15.6 Å². The first-order valence-electron chi connectivity index (χ1n) is 12.5. The Balaban J connectivity index is 1.36. The molecule has 1 fully saturated rings. The SMILES string of the molecule is CNCCCN1c2ccc(-c3cc4c([nH]3)CCC=C4)cc2Sc2cc(N3CCNCC3)ccc21. The van der Waals surface area contributed by atoms with Gasteiger partial charge < -0.3 is 25.4 Å². The number of benzene rings is 2. The molecule has 0 spiro atoms. The third-order valence-corrected chi connectivity index (χ3v) is 8.19. The maximum Gasteiger partial charge on any atom is 0.0554 e. The normalized spacial score (nSPS) is 16.9. The summed E-state index contributed by atoms with van der Waals surface area (Å²) in [6.45, 7) is 6.29. The van der Waals surface area contributed by atoms with Crippen molar-refractivity contribution >= 4 is 34.9 Å². The summed E-state index contributed by atoms with van der Waals surface area (Å²) in [7, 11) is 2.03. The van der Waals surface area contributed by atoms with Crippen LogP contribution in [0.3, 0.4) is 0 Å². The smallest absolute Gasteiger partial charge is 0.0554 e. The van der Waals surface area contributed by atoms with E-state index < -0.39 is 0 Å². The Bertz CT molecular complexity index is 1210. The van der Waals surface area contributed by atoms with Gasteiger partial charge in [0.15, 0.2) is 0 Å². The standard InChI is InChI=1S/C28H33N5S/c1-29-11-4-14-33-25-9-7-21(24-17-20-5-2-3-6-23(20)31-24)18-27(25)34-28-19-22(8-10-26(28)33)32-15-12-30-13-16-32/h2,5,7-10,17-19,29-31H,3-4,6,11-16H2,1H3. The third kappa shape index (κ3) is 4.15. The predicted octanol–water partition coefficient (Wildman–Crippen LogP) is 5.26. The van der Waals surface area contributed by atoms with E-state index in [1.54, 1.807) is 0 Å². The van der Waals surface area contributed by atoms with Crippen LogP contribution in [0.2, 0.25) is 0 Å². The van der Waals surface area contributed by atoms with Gasteiger partial charge in [-0.05, 0) is 80.4 Å². The summed E-state index contributed by atoms with van der Waals surface area (Å²) in [6, 6.07) is 16.3. The van der Waals surface area contributed by atoms with E-state index in [4.69, 9.17) is 0 Å². The number of anilines is 3. The molecule has 2 aromatic carbocycles. The average Bonchev–Trinajstić information content (AvgIpc) is 3.33. The van der Waals surface area contributed by atoms with Crippen LogP contribution in [0.4, 0.5) is 17.1 Å². The van der Waals surface area contributed by atoms with Crippen LogP contribution in [-0.4, -0.2) is 51.3 Å². The number of aryl methyl sites for hydroxylation is 1. The van der Waals surface area contributed by atoms with Crippen molar-refractivity contribution in [2.75, 3.05) is 56.1 Å². The zero-order valence-electron chi connectivity index (χ0n) is 19.9. The fourth-order valence-corrected chi connectivity index (χ4v) is 6.45. The molecule has 1 saturated heterocycles. The lowest BCUT2D eigenvalue weighted by molar-refractivity contribution is 0.589. The monoisotopic (exact) mass is 471 g/mol. The number of H-pyrrole nitrogens is 1. The van der Waals surface area contributed by atoms with Gasteiger partial charge in [0.25, 0.3) is 0 Å². The van der Waals surface area contributed by atoms with Gasteiger partial charge in [-0.3, -0.25) is 0 Å². The van der Waals surface area contributed by atoms with Crippen molar-refractivity contribution < 1.29 is 0 Å². The van der Waals surface area contributed by atoms with E-state index >= 15 is 0 Å². The van der Waals surface area contributed by atoms with Crippen molar-refractivity contribution in [2.24, 2.45) is 0 Å². The minimum Gasteiger partial charge on any atom is -0.369 e. The highest BCUT2D eigenvalue weighted by atomic mass is 32.2. The summed E-state index contributed by atoms with van der Waals surface area (Å²) in [5.41, 5.74) is 9.19. The van der Waals surface area contributed by atoms with Gasteiger partial charge >= 0.3 is 0 Å². The molecule has 3 N–H and O–H groups in total. The molecule has 2 aliphatic heterocycles. The molecule has 1 aliphatic carbocycles. The Hall–Kier alpha value is -2.67. The number of fused-ring (bicyclic) bond motifs is 3. The van der Waals surface area contributed by atoms with E-state index in [-0.39, 0.29) is 0 Å². The maximum atomic E-state index is 3.69. The highest BCUT2D eigenvalue weighted by Crippen LogP contribution is 2.50. The van der Waals surface area contributed by atoms with Gasteiger partial charge in [0.1, 0.15) is 0 Å². The molecule has 3 aromatic rings. The Kier molecular flexibility index (Phi) is 6.12. The highest BCUT2D eigenvalue weighted by molar-refractivity contribution is 7.99. The summed E-state index contributed by atoms with van der Waals surface area (Å²) in [5, 5.41) is 6.77. The summed E-state index contributed by atoms with van der Waals surface area (Å²) in [5.74, 6) is 0. The van der Waals surface area contributed by atoms with Crippen LogP contribution in [0.25, 0.3) is 17.3 Å². The van der Waals surface area contributed by atoms with Crippen molar-refractivity contribution in [3.8, 4) is 11.3 Å². The summed E-state index contributed by atoms with van der Waals surface area (Å²) in [6.07, 6.45) is 7.87. The van der Waals surface area contributed by atoms with E-state index in [9.17, 15) is 0 Å². The molecule has 3 aliphatic rings. The van der Waals surface area contributed by atoms with Gasteiger partial charge in [-0.25, -0.2) is 0 Å². The Morgan fingerprint density at radius 1 is 1.00 bits per heavy atom. The van der Waals surface area contributed by atoms with Crippen LogP contribution in [0.15, 0.2) is 58.3 Å². The van der Waals surface area contributed by atoms with E-state index in [0.717, 1.165) is 58.5 Å². The number of hydrogen-bond donors (Lipinski definition) is 3. The fourth-order valence-electron chi connectivity index (χ4n) is 5.28. The second-order valence-corrected chi connectivity index (χ2v) is 10.4. The molecule has 0 amide bonds. The Morgan fingerprint density at radius 2 is 1.82 bits per heavy atom. The summed E-state index contributed by atoms with van der Waals surface area (Å²) < 4.78 is 0. The van der Waals surface area contributed by atoms with E-state index in [1.165, 1.54) is 49.4 Å². The Morgan fingerprint density at radius 3 is 2.65 bits per heavy atom. The maximum absolute atomic E-state index is 3.69. The molecule has 3 heterocycles. The number of piperazine rings is 1. The first-order chi connectivity index (χ1) is 16.8. The average molecular weight is 472 g/mol. The molecule has 34 heavy (non-hydrogen) atoms. The zero-order valence-corrected chi connectivity index (χ0v) is 20.7. The van der Waals surface area contributed by atoms with Crippen molar-refractivity contribution in [3.63, 3.8) is 0 Å². The largest absolute Gasteiger partial charge is 0.369 e. The number of aromatic nitrogens is 1. The number of rotatable bonds is 6. The number of nitrogens with zero attached hydrogens (tertiary/aromatic N) is 2. The molecule has 0 bridgehead atoms. The molecule has 5 nitrogen and oxygen atoms in total. The van der Waals surface area contributed by atoms with Gasteiger partial charge in [-0.15, -0.1) is 0 Å². The number of allylic oxidation sites excluding steroid dienone is 1. The lowest BCUT2D eigenvalue weighted by Crippen LogP contribution is -2.43. The summed E-state index contributed by atoms with van der Waals surface area (Å²) >= 11 is 1.92. The van der Waals surface area contributed by atoms with E-state index in [0.29, 0.717) is 0 Å². The van der Waals surface area contributed by atoms with Gasteiger partial charge in [0.2, 0.25) is 0 Å². The van der Waals surface area contributed by atoms with Crippen LogP contribution in [0.1, 0.15) is 24.1 Å². The molecule has 0 saturated carbocycles. The minimum atomic E-state index is 1.01. The van der Waals surface area contributed by atoms with Gasteiger partial charge in [-0.2, -0.15) is 0 Å². The number of nitrogens with one attached hydrogen (secondary N) is 3. The predicted molar refractivity (Wildman–Crippen MR) is 145 cm³/mol. The van der Waals surface area contributed by atoms with Crippen LogP contribution in [-0.2, 0) is 6.42 Å². The molecule has 0 atom stereocenters. The van der Waals surface area contributed by atoms with Crippen LogP contribution in [0, 0.1) is 0 Å². The number of hydrogen-bond acceptors (Lipinski definition) is 5. The molecular weight excluding hydrogens is 438 g/mol. The second kappa shape index (κ2) is 9.53.